The van der Waals surface area contributed by atoms with E-state index in [1.807, 2.05) is 6.92 Å². The summed E-state index contributed by atoms with van der Waals surface area (Å²) in [6.07, 6.45) is 0.495. The number of anilines is 1. The lowest BCUT2D eigenvalue weighted by Gasteiger charge is -2.16. The number of aromatic nitrogens is 1. The van der Waals surface area contributed by atoms with Gasteiger partial charge in [0.1, 0.15) is 5.69 Å². The highest BCUT2D eigenvalue weighted by Crippen LogP contribution is 2.25. The van der Waals surface area contributed by atoms with Crippen LogP contribution in [-0.2, 0) is 4.79 Å². The Labute approximate surface area is 148 Å². The number of rotatable bonds is 3. The Bertz CT molecular complexity index is 814. The van der Waals surface area contributed by atoms with Gasteiger partial charge in [0.15, 0.2) is 11.6 Å². The Balaban J connectivity index is 1.64. The molecular formula is C17H16ClF2N3O2. The van der Waals surface area contributed by atoms with E-state index in [4.69, 9.17) is 11.6 Å². The number of likely N-dealkylation sites (tertiary alicyclic amines) is 1. The summed E-state index contributed by atoms with van der Waals surface area (Å²) in [6.45, 7) is 2.57. The molecule has 132 valence electrons. The largest absolute Gasteiger partial charge is 0.355 e. The highest BCUT2D eigenvalue weighted by molar-refractivity contribution is 6.31. The molecule has 8 heteroatoms. The van der Waals surface area contributed by atoms with E-state index < -0.39 is 22.6 Å². The number of halogens is 3. The number of carbonyl (C=O) groups is 2. The Morgan fingerprint density at radius 3 is 2.72 bits per heavy atom. The second-order valence-corrected chi connectivity index (χ2v) is 6.44. The van der Waals surface area contributed by atoms with Crippen LogP contribution >= 0.6 is 11.6 Å². The van der Waals surface area contributed by atoms with Crippen molar-refractivity contribution in [1.29, 1.82) is 0 Å². The molecule has 2 aromatic rings. The zero-order valence-corrected chi connectivity index (χ0v) is 14.2. The van der Waals surface area contributed by atoms with Crippen molar-refractivity contribution < 1.29 is 18.4 Å². The van der Waals surface area contributed by atoms with E-state index in [1.54, 1.807) is 17.0 Å². The molecule has 1 saturated heterocycles. The van der Waals surface area contributed by atoms with Gasteiger partial charge in [-0.25, -0.2) is 8.78 Å². The highest BCUT2D eigenvalue weighted by atomic mass is 35.5. The van der Waals surface area contributed by atoms with Crippen molar-refractivity contribution in [2.24, 2.45) is 5.92 Å². The fourth-order valence-electron chi connectivity index (χ4n) is 2.83. The molecule has 0 radical (unpaired) electrons. The van der Waals surface area contributed by atoms with Crippen molar-refractivity contribution >= 4 is 29.1 Å². The maximum Gasteiger partial charge on any atom is 0.270 e. The number of carbonyl (C=O) groups excluding carboxylic acids is 2. The maximum absolute atomic E-state index is 13.4. The molecule has 2 amide bonds. The van der Waals surface area contributed by atoms with Gasteiger partial charge < -0.3 is 15.2 Å². The molecule has 0 unspecified atom stereocenters. The van der Waals surface area contributed by atoms with E-state index in [-0.39, 0.29) is 24.0 Å². The van der Waals surface area contributed by atoms with Crippen molar-refractivity contribution in [2.75, 3.05) is 18.4 Å². The van der Waals surface area contributed by atoms with Crippen LogP contribution in [0, 0.1) is 24.5 Å². The van der Waals surface area contributed by atoms with Crippen molar-refractivity contribution in [3.8, 4) is 0 Å². The van der Waals surface area contributed by atoms with E-state index in [0.29, 0.717) is 18.7 Å². The second-order valence-electron chi connectivity index (χ2n) is 6.03. The van der Waals surface area contributed by atoms with Gasteiger partial charge in [-0.15, -0.1) is 0 Å². The Morgan fingerprint density at radius 2 is 2.08 bits per heavy atom. The minimum Gasteiger partial charge on any atom is -0.355 e. The zero-order chi connectivity index (χ0) is 18.1. The smallest absolute Gasteiger partial charge is 0.270 e. The summed E-state index contributed by atoms with van der Waals surface area (Å²) in [5, 5.41) is 2.12. The topological polar surface area (TPSA) is 65.2 Å². The summed E-state index contributed by atoms with van der Waals surface area (Å²) in [5.74, 6) is -3.24. The van der Waals surface area contributed by atoms with Crippen molar-refractivity contribution in [3.63, 3.8) is 0 Å². The van der Waals surface area contributed by atoms with Gasteiger partial charge in [0.2, 0.25) is 5.91 Å². The van der Waals surface area contributed by atoms with E-state index in [9.17, 15) is 18.4 Å². The van der Waals surface area contributed by atoms with Gasteiger partial charge in [0.05, 0.1) is 10.9 Å². The first-order valence-electron chi connectivity index (χ1n) is 7.75. The summed E-state index contributed by atoms with van der Waals surface area (Å²) in [4.78, 5) is 29.2. The van der Waals surface area contributed by atoms with Crippen LogP contribution in [0.25, 0.3) is 0 Å². The Kier molecular flexibility index (Phi) is 4.76. The maximum atomic E-state index is 13.4. The van der Waals surface area contributed by atoms with Gasteiger partial charge in [-0.05, 0) is 31.5 Å². The predicted molar refractivity (Wildman–Crippen MR) is 89.5 cm³/mol. The number of nitrogens with zero attached hydrogens (tertiary/aromatic N) is 1. The van der Waals surface area contributed by atoms with Crippen LogP contribution in [0.1, 0.15) is 22.6 Å². The minimum absolute atomic E-state index is 0.0821. The lowest BCUT2D eigenvalue weighted by Crippen LogP contribution is -2.31. The first-order valence-corrected chi connectivity index (χ1v) is 8.13. The molecule has 25 heavy (non-hydrogen) atoms. The average molecular weight is 368 g/mol. The van der Waals surface area contributed by atoms with Gasteiger partial charge in [0, 0.05) is 30.5 Å². The summed E-state index contributed by atoms with van der Waals surface area (Å²) in [7, 11) is 0. The van der Waals surface area contributed by atoms with Gasteiger partial charge >= 0.3 is 0 Å². The summed E-state index contributed by atoms with van der Waals surface area (Å²) < 4.78 is 26.5. The molecule has 0 bridgehead atoms. The first kappa shape index (κ1) is 17.4. The van der Waals surface area contributed by atoms with E-state index in [1.165, 1.54) is 0 Å². The van der Waals surface area contributed by atoms with E-state index >= 15 is 0 Å². The van der Waals surface area contributed by atoms with E-state index in [2.05, 4.69) is 10.3 Å². The molecule has 0 saturated carbocycles. The third-order valence-electron chi connectivity index (χ3n) is 4.16. The van der Waals surface area contributed by atoms with E-state index in [0.717, 1.165) is 17.8 Å². The molecule has 2 heterocycles. The molecule has 1 aromatic heterocycles. The van der Waals surface area contributed by atoms with Gasteiger partial charge in [-0.1, -0.05) is 11.6 Å². The summed E-state index contributed by atoms with van der Waals surface area (Å²) >= 11 is 5.57. The lowest BCUT2D eigenvalue weighted by atomic mass is 10.1. The number of aromatic amines is 1. The third-order valence-corrected chi connectivity index (χ3v) is 4.43. The number of amides is 2. The Morgan fingerprint density at radius 1 is 1.32 bits per heavy atom. The molecule has 1 aliphatic rings. The molecule has 1 fully saturated rings. The highest BCUT2D eigenvalue weighted by Gasteiger charge is 2.32. The molecule has 2 N–H and O–H groups in total. The second kappa shape index (κ2) is 6.84. The van der Waals surface area contributed by atoms with Crippen LogP contribution in [-0.4, -0.2) is 34.8 Å². The number of aryl methyl sites for hydroxylation is 1. The molecule has 1 aliphatic heterocycles. The van der Waals surface area contributed by atoms with Crippen molar-refractivity contribution in [2.45, 2.75) is 13.3 Å². The average Bonchev–Trinajstić information content (AvgIpc) is 3.21. The fraction of sp³-hybridized carbons (Fsp3) is 0.294. The molecule has 5 nitrogen and oxygen atoms in total. The van der Waals surface area contributed by atoms with Gasteiger partial charge in [0.25, 0.3) is 5.91 Å². The minimum atomic E-state index is -1.15. The monoisotopic (exact) mass is 367 g/mol. The number of hydrogen-bond donors (Lipinski definition) is 2. The lowest BCUT2D eigenvalue weighted by molar-refractivity contribution is -0.119. The van der Waals surface area contributed by atoms with Crippen LogP contribution in [0.5, 0.6) is 0 Å². The first-order chi connectivity index (χ1) is 11.8. The van der Waals surface area contributed by atoms with Crippen LogP contribution < -0.4 is 5.32 Å². The van der Waals surface area contributed by atoms with Gasteiger partial charge in [-0.3, -0.25) is 9.59 Å². The predicted octanol–water partition coefficient (Wildman–Crippen LogP) is 3.36. The van der Waals surface area contributed by atoms with Crippen molar-refractivity contribution in [1.82, 2.24) is 9.88 Å². The molecule has 0 spiro atoms. The Hall–Kier alpha value is -2.41. The normalized spacial score (nSPS) is 17.0. The molecule has 1 aromatic carbocycles. The summed E-state index contributed by atoms with van der Waals surface area (Å²) in [6, 6.07) is 5.53. The van der Waals surface area contributed by atoms with Crippen LogP contribution in [0.2, 0.25) is 5.02 Å². The SMILES string of the molecule is Cc1ccc(C(=O)N2CC[C@H](C(=O)Nc3cc(F)c(F)c(Cl)c3)C2)[nH]1. The number of benzene rings is 1. The molecule has 3 rings (SSSR count). The molecular weight excluding hydrogens is 352 g/mol. The van der Waals surface area contributed by atoms with Crippen LogP contribution in [0.15, 0.2) is 24.3 Å². The quantitative estimate of drug-likeness (QED) is 0.817. The molecule has 0 aliphatic carbocycles. The number of H-pyrrole nitrogens is 1. The van der Waals surface area contributed by atoms with Gasteiger partial charge in [-0.2, -0.15) is 0 Å². The van der Waals surface area contributed by atoms with Crippen molar-refractivity contribution in [3.05, 3.63) is 52.3 Å². The fourth-order valence-corrected chi connectivity index (χ4v) is 3.04. The standard InChI is InChI=1S/C17H16ClF2N3O2/c1-9-2-3-14(21-9)17(25)23-5-4-10(8-23)16(24)22-11-6-12(18)15(20)13(19)7-11/h2-3,6-7,10,21H,4-5,8H2,1H3,(H,22,24)/t10-/m0/s1. The van der Waals surface area contributed by atoms with Crippen LogP contribution in [0.4, 0.5) is 14.5 Å². The van der Waals surface area contributed by atoms with Crippen LogP contribution in [0.3, 0.4) is 0 Å². The summed E-state index contributed by atoms with van der Waals surface area (Å²) in [5.41, 5.74) is 1.44. The zero-order valence-electron chi connectivity index (χ0n) is 13.4. The third kappa shape index (κ3) is 3.66. The number of nitrogens with one attached hydrogen (secondary N) is 2. The number of hydrogen-bond acceptors (Lipinski definition) is 2. The molecule has 1 atom stereocenters.